The van der Waals surface area contributed by atoms with Gasteiger partial charge in [0.1, 0.15) is 0 Å². The monoisotopic (exact) mass is 274 g/mol. The van der Waals surface area contributed by atoms with E-state index in [2.05, 4.69) is 41.6 Å². The minimum absolute atomic E-state index is 0.00840. The van der Waals surface area contributed by atoms with Gasteiger partial charge >= 0.3 is 6.01 Å². The van der Waals surface area contributed by atoms with Crippen molar-refractivity contribution in [2.24, 2.45) is 0 Å². The second-order valence-electron chi connectivity index (χ2n) is 5.39. The topological polar surface area (TPSA) is 80.0 Å². The molecule has 0 aliphatic rings. The highest BCUT2D eigenvalue weighted by Gasteiger charge is 2.13. The maximum atomic E-state index is 11.1. The lowest BCUT2D eigenvalue weighted by Crippen LogP contribution is -2.35. The first-order valence-electron chi connectivity index (χ1n) is 5.90. The molecule has 2 N–H and O–H groups in total. The van der Waals surface area contributed by atoms with Gasteiger partial charge in [0, 0.05) is 34.4 Å². The Labute approximate surface area is 110 Å². The van der Waals surface area contributed by atoms with E-state index in [0.717, 1.165) is 0 Å². The zero-order valence-corrected chi connectivity index (χ0v) is 12.4. The van der Waals surface area contributed by atoms with Gasteiger partial charge in [-0.3, -0.25) is 4.21 Å². The lowest BCUT2D eigenvalue weighted by Gasteiger charge is -2.18. The van der Waals surface area contributed by atoms with Gasteiger partial charge in [-0.05, 0) is 27.7 Å². The number of hydrogen-bond donors (Lipinski definition) is 2. The Morgan fingerprint density at radius 1 is 1.39 bits per heavy atom. The molecule has 0 radical (unpaired) electrons. The Balaban J connectivity index is 2.45. The van der Waals surface area contributed by atoms with Crippen molar-refractivity contribution in [1.29, 1.82) is 0 Å². The van der Waals surface area contributed by atoms with Crippen molar-refractivity contribution in [1.82, 2.24) is 15.5 Å². The molecule has 0 fully saturated rings. The van der Waals surface area contributed by atoms with Crippen molar-refractivity contribution < 1.29 is 8.63 Å². The number of hydrogen-bond acceptors (Lipinski definition) is 6. The molecule has 0 saturated heterocycles. The Morgan fingerprint density at radius 3 is 2.61 bits per heavy atom. The molecule has 0 aliphatic heterocycles. The van der Waals surface area contributed by atoms with Crippen molar-refractivity contribution in [2.45, 2.75) is 45.8 Å². The minimum Gasteiger partial charge on any atom is -0.407 e. The summed E-state index contributed by atoms with van der Waals surface area (Å²) in [7, 11) is -0.842. The molecule has 0 saturated carbocycles. The van der Waals surface area contributed by atoms with E-state index in [1.165, 1.54) is 0 Å². The van der Waals surface area contributed by atoms with Gasteiger partial charge in [-0.2, -0.15) is 0 Å². The molecule has 2 atom stereocenters. The number of aromatic nitrogens is 2. The molecule has 1 heterocycles. The van der Waals surface area contributed by atoms with Crippen LogP contribution in [0, 0.1) is 0 Å². The zero-order valence-electron chi connectivity index (χ0n) is 11.6. The van der Waals surface area contributed by atoms with Crippen LogP contribution < -0.4 is 10.6 Å². The number of anilines is 1. The fraction of sp³-hybridized carbons (Fsp3) is 0.818. The SMILES string of the molecule is CC(CS(C)=O)Nc1nnc(CNC(C)(C)C)o1. The lowest BCUT2D eigenvalue weighted by molar-refractivity contribution is 0.383. The van der Waals surface area contributed by atoms with Crippen molar-refractivity contribution >= 4 is 16.8 Å². The molecule has 1 aromatic heterocycles. The minimum atomic E-state index is -0.842. The highest BCUT2D eigenvalue weighted by molar-refractivity contribution is 7.84. The van der Waals surface area contributed by atoms with Crippen LogP contribution in [0.3, 0.4) is 0 Å². The fourth-order valence-corrected chi connectivity index (χ4v) is 2.12. The van der Waals surface area contributed by atoms with Crippen LogP contribution in [0.2, 0.25) is 0 Å². The van der Waals surface area contributed by atoms with Crippen LogP contribution >= 0.6 is 0 Å². The lowest BCUT2D eigenvalue weighted by atomic mass is 10.1. The summed E-state index contributed by atoms with van der Waals surface area (Å²) in [5, 5.41) is 14.1. The van der Waals surface area contributed by atoms with Crippen LogP contribution in [-0.2, 0) is 17.3 Å². The standard InChI is InChI=1S/C11H22N4O2S/c1-8(7-18(5)16)13-10-15-14-9(17-10)6-12-11(2,3)4/h8,12H,6-7H2,1-5H3,(H,13,15). The van der Waals surface area contributed by atoms with Crippen LogP contribution in [0.5, 0.6) is 0 Å². The third kappa shape index (κ3) is 6.11. The van der Waals surface area contributed by atoms with Gasteiger partial charge in [0.2, 0.25) is 5.89 Å². The summed E-state index contributed by atoms with van der Waals surface area (Å²) in [4.78, 5) is 0. The summed E-state index contributed by atoms with van der Waals surface area (Å²) in [5.74, 6) is 1.09. The zero-order chi connectivity index (χ0) is 13.8. The van der Waals surface area contributed by atoms with Gasteiger partial charge in [-0.25, -0.2) is 0 Å². The summed E-state index contributed by atoms with van der Waals surface area (Å²) in [6.07, 6.45) is 1.67. The normalized spacial score (nSPS) is 15.4. The Morgan fingerprint density at radius 2 is 2.06 bits per heavy atom. The van der Waals surface area contributed by atoms with Crippen molar-refractivity contribution in [2.75, 3.05) is 17.3 Å². The molecular weight excluding hydrogens is 252 g/mol. The Hall–Kier alpha value is -0.950. The van der Waals surface area contributed by atoms with Crippen LogP contribution in [0.1, 0.15) is 33.6 Å². The molecule has 2 unspecified atom stereocenters. The molecule has 6 nitrogen and oxygen atoms in total. The number of nitrogens with one attached hydrogen (secondary N) is 2. The van der Waals surface area contributed by atoms with Gasteiger partial charge in [0.25, 0.3) is 0 Å². The van der Waals surface area contributed by atoms with Crippen LogP contribution in [0.25, 0.3) is 0 Å². The van der Waals surface area contributed by atoms with Crippen LogP contribution in [0.4, 0.5) is 6.01 Å². The van der Waals surface area contributed by atoms with Gasteiger partial charge < -0.3 is 15.1 Å². The molecule has 0 amide bonds. The van der Waals surface area contributed by atoms with Crippen molar-refractivity contribution in [3.63, 3.8) is 0 Å². The molecule has 18 heavy (non-hydrogen) atoms. The van der Waals surface area contributed by atoms with E-state index in [1.807, 2.05) is 6.92 Å². The first-order chi connectivity index (χ1) is 8.26. The number of rotatable bonds is 6. The summed E-state index contributed by atoms with van der Waals surface area (Å²) in [6, 6.07) is 0.415. The Kier molecular flexibility index (Phi) is 5.28. The van der Waals surface area contributed by atoms with E-state index >= 15 is 0 Å². The maximum Gasteiger partial charge on any atom is 0.315 e. The first-order valence-corrected chi connectivity index (χ1v) is 7.63. The van der Waals surface area contributed by atoms with Crippen LogP contribution in [0.15, 0.2) is 4.42 Å². The molecule has 7 heteroatoms. The highest BCUT2D eigenvalue weighted by atomic mass is 32.2. The second kappa shape index (κ2) is 6.29. The van der Waals surface area contributed by atoms with Gasteiger partial charge in [-0.1, -0.05) is 5.10 Å². The van der Waals surface area contributed by atoms with Gasteiger partial charge in [-0.15, -0.1) is 5.10 Å². The van der Waals surface area contributed by atoms with Crippen molar-refractivity contribution in [3.8, 4) is 0 Å². The van der Waals surface area contributed by atoms with E-state index in [1.54, 1.807) is 6.26 Å². The van der Waals surface area contributed by atoms with Gasteiger partial charge in [0.05, 0.1) is 6.54 Å². The molecule has 0 spiro atoms. The predicted molar refractivity (Wildman–Crippen MR) is 72.9 cm³/mol. The predicted octanol–water partition coefficient (Wildman–Crippen LogP) is 1.14. The second-order valence-corrected chi connectivity index (χ2v) is 6.87. The van der Waals surface area contributed by atoms with E-state index in [-0.39, 0.29) is 11.6 Å². The van der Waals surface area contributed by atoms with Crippen LogP contribution in [-0.4, -0.2) is 38.0 Å². The average Bonchev–Trinajstić information content (AvgIpc) is 2.60. The van der Waals surface area contributed by atoms with E-state index in [0.29, 0.717) is 24.2 Å². The summed E-state index contributed by atoms with van der Waals surface area (Å²) in [5.41, 5.74) is 0.00840. The quantitative estimate of drug-likeness (QED) is 0.809. The Bertz CT molecular complexity index is 400. The third-order valence-corrected chi connectivity index (χ3v) is 3.06. The number of nitrogens with zero attached hydrogens (tertiary/aromatic N) is 2. The largest absolute Gasteiger partial charge is 0.407 e. The molecule has 0 aliphatic carbocycles. The van der Waals surface area contributed by atoms with Crippen molar-refractivity contribution in [3.05, 3.63) is 5.89 Å². The molecule has 0 aromatic carbocycles. The first kappa shape index (κ1) is 15.1. The van der Waals surface area contributed by atoms with E-state index in [9.17, 15) is 4.21 Å². The van der Waals surface area contributed by atoms with E-state index in [4.69, 9.17) is 4.42 Å². The molecule has 104 valence electrons. The summed E-state index contributed by atoms with van der Waals surface area (Å²) >= 11 is 0. The van der Waals surface area contributed by atoms with Gasteiger partial charge in [0.15, 0.2) is 0 Å². The summed E-state index contributed by atoms with van der Waals surface area (Å²) in [6.45, 7) is 8.68. The molecular formula is C11H22N4O2S. The molecule has 1 aromatic rings. The fourth-order valence-electron chi connectivity index (χ4n) is 1.33. The van der Waals surface area contributed by atoms with E-state index < -0.39 is 10.8 Å². The third-order valence-electron chi connectivity index (χ3n) is 2.09. The smallest absolute Gasteiger partial charge is 0.315 e. The molecule has 0 bridgehead atoms. The summed E-state index contributed by atoms with van der Waals surface area (Å²) < 4.78 is 16.5. The highest BCUT2D eigenvalue weighted by Crippen LogP contribution is 2.08. The maximum absolute atomic E-state index is 11.1. The average molecular weight is 274 g/mol. The molecule has 1 rings (SSSR count).